The summed E-state index contributed by atoms with van der Waals surface area (Å²) >= 11 is 7.81. The fourth-order valence-electron chi connectivity index (χ4n) is 2.67. The van der Waals surface area contributed by atoms with Crippen LogP contribution in [0, 0.1) is 0 Å². The fourth-order valence-corrected chi connectivity index (χ4v) is 4.02. The molecule has 2 aromatic rings. The quantitative estimate of drug-likeness (QED) is 0.615. The van der Waals surface area contributed by atoms with Crippen molar-refractivity contribution in [1.29, 1.82) is 0 Å². The summed E-state index contributed by atoms with van der Waals surface area (Å²) in [7, 11) is 0. The van der Waals surface area contributed by atoms with Crippen molar-refractivity contribution in [3.8, 4) is 0 Å². The van der Waals surface area contributed by atoms with Gasteiger partial charge in [-0.05, 0) is 29.8 Å². The van der Waals surface area contributed by atoms with Gasteiger partial charge in [0.1, 0.15) is 6.04 Å². The maximum atomic E-state index is 12.4. The SMILES string of the molecule is C=CCNC(=O)c1ccc2c(c1)NC(=O)C(CSCc1ccccc1Cl)N2. The Morgan fingerprint density at radius 1 is 1.26 bits per heavy atom. The molecule has 0 aliphatic carbocycles. The van der Waals surface area contributed by atoms with E-state index in [-0.39, 0.29) is 17.9 Å². The largest absolute Gasteiger partial charge is 0.371 e. The van der Waals surface area contributed by atoms with Crippen LogP contribution < -0.4 is 16.0 Å². The van der Waals surface area contributed by atoms with Crippen molar-refractivity contribution in [3.05, 3.63) is 71.3 Å². The molecule has 5 nitrogen and oxygen atoms in total. The highest BCUT2D eigenvalue weighted by atomic mass is 35.5. The van der Waals surface area contributed by atoms with Crippen LogP contribution in [0.2, 0.25) is 5.02 Å². The molecular formula is C20H20ClN3O2S. The standard InChI is InChI=1S/C20H20ClN3O2S/c1-2-9-22-19(25)13-7-8-16-17(10-13)24-20(26)18(23-16)12-27-11-14-5-3-4-6-15(14)21/h2-8,10,18,23H,1,9,11-12H2,(H,22,25)(H,24,26). The molecule has 2 aromatic carbocycles. The van der Waals surface area contributed by atoms with E-state index >= 15 is 0 Å². The van der Waals surface area contributed by atoms with Crippen molar-refractivity contribution in [2.24, 2.45) is 0 Å². The summed E-state index contributed by atoms with van der Waals surface area (Å²) in [5.74, 6) is 1.03. The van der Waals surface area contributed by atoms with Gasteiger partial charge in [-0.25, -0.2) is 0 Å². The first-order chi connectivity index (χ1) is 13.1. The van der Waals surface area contributed by atoms with Crippen molar-refractivity contribution in [2.75, 3.05) is 22.9 Å². The van der Waals surface area contributed by atoms with Crippen molar-refractivity contribution in [3.63, 3.8) is 0 Å². The maximum Gasteiger partial charge on any atom is 0.251 e. The number of hydrogen-bond acceptors (Lipinski definition) is 4. The van der Waals surface area contributed by atoms with E-state index in [1.165, 1.54) is 0 Å². The zero-order chi connectivity index (χ0) is 19.2. The van der Waals surface area contributed by atoms with Gasteiger partial charge in [0.25, 0.3) is 5.91 Å². The normalized spacial score (nSPS) is 15.3. The molecule has 0 fully saturated rings. The predicted octanol–water partition coefficient (Wildman–Crippen LogP) is 3.92. The first kappa shape index (κ1) is 19.3. The van der Waals surface area contributed by atoms with E-state index in [9.17, 15) is 9.59 Å². The van der Waals surface area contributed by atoms with Gasteiger partial charge in [0.2, 0.25) is 5.91 Å². The van der Waals surface area contributed by atoms with Crippen LogP contribution in [-0.2, 0) is 10.5 Å². The molecule has 1 atom stereocenters. The second-order valence-electron chi connectivity index (χ2n) is 6.05. The molecular weight excluding hydrogens is 382 g/mol. The van der Waals surface area contributed by atoms with Gasteiger partial charge in [0, 0.05) is 28.6 Å². The lowest BCUT2D eigenvalue weighted by Crippen LogP contribution is -2.40. The molecule has 2 amide bonds. The van der Waals surface area contributed by atoms with Crippen LogP contribution in [0.25, 0.3) is 0 Å². The Morgan fingerprint density at radius 3 is 2.85 bits per heavy atom. The number of nitrogens with one attached hydrogen (secondary N) is 3. The molecule has 0 bridgehead atoms. The summed E-state index contributed by atoms with van der Waals surface area (Å²) in [6.07, 6.45) is 1.62. The third-order valence-electron chi connectivity index (χ3n) is 4.09. The number of thioether (sulfide) groups is 1. The van der Waals surface area contributed by atoms with E-state index in [4.69, 9.17) is 11.6 Å². The van der Waals surface area contributed by atoms with Crippen molar-refractivity contribution in [2.45, 2.75) is 11.8 Å². The number of rotatable bonds is 7. The van der Waals surface area contributed by atoms with Gasteiger partial charge >= 0.3 is 0 Å². The number of hydrogen-bond donors (Lipinski definition) is 3. The molecule has 7 heteroatoms. The topological polar surface area (TPSA) is 70.2 Å². The van der Waals surface area contributed by atoms with Crippen LogP contribution in [-0.4, -0.2) is 30.2 Å². The molecule has 27 heavy (non-hydrogen) atoms. The Balaban J connectivity index is 1.61. The minimum Gasteiger partial charge on any atom is -0.371 e. The van der Waals surface area contributed by atoms with E-state index in [1.807, 2.05) is 30.3 Å². The van der Waals surface area contributed by atoms with Crippen LogP contribution in [0.5, 0.6) is 0 Å². The Morgan fingerprint density at radius 2 is 2.07 bits per heavy atom. The number of benzene rings is 2. The van der Waals surface area contributed by atoms with Gasteiger partial charge in [-0.15, -0.1) is 6.58 Å². The Hall–Kier alpha value is -2.44. The van der Waals surface area contributed by atoms with Gasteiger partial charge in [-0.3, -0.25) is 9.59 Å². The number of carbonyl (C=O) groups excluding carboxylic acids is 2. The van der Waals surface area contributed by atoms with E-state index < -0.39 is 0 Å². The number of carbonyl (C=O) groups is 2. The molecule has 3 rings (SSSR count). The highest BCUT2D eigenvalue weighted by Gasteiger charge is 2.26. The number of amides is 2. The van der Waals surface area contributed by atoms with Crippen LogP contribution in [0.3, 0.4) is 0 Å². The van der Waals surface area contributed by atoms with Crippen molar-refractivity contribution < 1.29 is 9.59 Å². The molecule has 0 radical (unpaired) electrons. The number of halogens is 1. The van der Waals surface area contributed by atoms with Gasteiger partial charge in [-0.2, -0.15) is 11.8 Å². The molecule has 0 spiro atoms. The minimum atomic E-state index is -0.342. The predicted molar refractivity (Wildman–Crippen MR) is 113 cm³/mol. The van der Waals surface area contributed by atoms with Crippen LogP contribution in [0.15, 0.2) is 55.1 Å². The summed E-state index contributed by atoms with van der Waals surface area (Å²) in [6, 6.07) is 12.6. The van der Waals surface area contributed by atoms with Crippen LogP contribution in [0.4, 0.5) is 11.4 Å². The number of fused-ring (bicyclic) bond motifs is 1. The van der Waals surface area contributed by atoms with E-state index in [0.29, 0.717) is 23.5 Å². The zero-order valence-electron chi connectivity index (χ0n) is 14.6. The summed E-state index contributed by atoms with van der Waals surface area (Å²) in [5, 5.41) is 9.58. The smallest absolute Gasteiger partial charge is 0.251 e. The van der Waals surface area contributed by atoms with E-state index in [2.05, 4.69) is 22.5 Å². The van der Waals surface area contributed by atoms with Crippen molar-refractivity contribution >= 4 is 46.6 Å². The molecule has 1 heterocycles. The highest BCUT2D eigenvalue weighted by Crippen LogP contribution is 2.29. The summed E-state index contributed by atoms with van der Waals surface area (Å²) in [4.78, 5) is 24.4. The van der Waals surface area contributed by atoms with Crippen molar-refractivity contribution in [1.82, 2.24) is 5.32 Å². The molecule has 1 aliphatic rings. The first-order valence-corrected chi connectivity index (χ1v) is 10.0. The summed E-state index contributed by atoms with van der Waals surface area (Å²) in [6.45, 7) is 3.97. The maximum absolute atomic E-state index is 12.4. The highest BCUT2D eigenvalue weighted by molar-refractivity contribution is 7.98. The molecule has 1 unspecified atom stereocenters. The molecule has 140 valence electrons. The van der Waals surface area contributed by atoms with Gasteiger partial charge in [0.05, 0.1) is 11.4 Å². The Kier molecular flexibility index (Phi) is 6.42. The minimum absolute atomic E-state index is 0.113. The second kappa shape index (κ2) is 8.97. The zero-order valence-corrected chi connectivity index (χ0v) is 16.2. The molecule has 1 aliphatic heterocycles. The van der Waals surface area contributed by atoms with E-state index in [1.54, 1.807) is 30.0 Å². The third-order valence-corrected chi connectivity index (χ3v) is 5.55. The Labute approximate surface area is 167 Å². The average molecular weight is 402 g/mol. The second-order valence-corrected chi connectivity index (χ2v) is 7.49. The van der Waals surface area contributed by atoms with Gasteiger partial charge in [0.15, 0.2) is 0 Å². The van der Waals surface area contributed by atoms with E-state index in [0.717, 1.165) is 22.0 Å². The molecule has 3 N–H and O–H groups in total. The molecule has 0 saturated carbocycles. The average Bonchev–Trinajstić information content (AvgIpc) is 2.67. The summed E-state index contributed by atoms with van der Waals surface area (Å²) < 4.78 is 0. The lowest BCUT2D eigenvalue weighted by Gasteiger charge is -2.27. The summed E-state index contributed by atoms with van der Waals surface area (Å²) in [5.41, 5.74) is 2.96. The lowest BCUT2D eigenvalue weighted by atomic mass is 10.1. The van der Waals surface area contributed by atoms with Crippen LogP contribution in [0.1, 0.15) is 15.9 Å². The number of anilines is 2. The first-order valence-electron chi connectivity index (χ1n) is 8.50. The van der Waals surface area contributed by atoms with Gasteiger partial charge < -0.3 is 16.0 Å². The molecule has 0 aromatic heterocycles. The Bertz CT molecular complexity index is 872. The third kappa shape index (κ3) is 4.84. The van der Waals surface area contributed by atoms with Gasteiger partial charge in [-0.1, -0.05) is 35.9 Å². The van der Waals surface area contributed by atoms with Crippen LogP contribution >= 0.6 is 23.4 Å². The monoisotopic (exact) mass is 401 g/mol. The lowest BCUT2D eigenvalue weighted by molar-refractivity contribution is -0.116. The molecule has 0 saturated heterocycles. The fraction of sp³-hybridized carbons (Fsp3) is 0.200.